The van der Waals surface area contributed by atoms with Crippen LogP contribution in [0, 0.1) is 0 Å². The molecular weight excluding hydrogens is 266 g/mol. The third-order valence-corrected chi connectivity index (χ3v) is 2.88. The van der Waals surface area contributed by atoms with E-state index in [4.69, 9.17) is 9.47 Å². The maximum Gasteiger partial charge on any atom is 0.224 e. The number of anilines is 1. The first-order chi connectivity index (χ1) is 10.2. The first-order valence-electron chi connectivity index (χ1n) is 7.19. The van der Waals surface area contributed by atoms with Crippen molar-refractivity contribution in [2.45, 2.75) is 26.7 Å². The number of methoxy groups -OCH3 is 1. The molecule has 1 aromatic heterocycles. The van der Waals surface area contributed by atoms with Crippen molar-refractivity contribution >= 4 is 5.82 Å². The number of benzene rings is 1. The Hall–Kier alpha value is -2.30. The highest BCUT2D eigenvalue weighted by Gasteiger charge is 2.06. The zero-order valence-electron chi connectivity index (χ0n) is 12.7. The SMILES string of the molecule is CCCNc1cc(Oc2cccc(OC)c2)nc(CC)n1. The molecule has 5 heteroatoms. The van der Waals surface area contributed by atoms with Crippen molar-refractivity contribution in [3.8, 4) is 17.4 Å². The first-order valence-corrected chi connectivity index (χ1v) is 7.19. The molecule has 0 saturated carbocycles. The fourth-order valence-electron chi connectivity index (χ4n) is 1.81. The number of hydrogen-bond acceptors (Lipinski definition) is 5. The second-order valence-electron chi connectivity index (χ2n) is 4.57. The van der Waals surface area contributed by atoms with E-state index in [1.165, 1.54) is 0 Å². The van der Waals surface area contributed by atoms with E-state index >= 15 is 0 Å². The predicted molar refractivity (Wildman–Crippen MR) is 83.3 cm³/mol. The summed E-state index contributed by atoms with van der Waals surface area (Å²) >= 11 is 0. The number of aryl methyl sites for hydroxylation is 1. The van der Waals surface area contributed by atoms with Gasteiger partial charge in [0.05, 0.1) is 7.11 Å². The Bertz CT molecular complexity index is 587. The Morgan fingerprint density at radius 1 is 1.10 bits per heavy atom. The lowest BCUT2D eigenvalue weighted by Gasteiger charge is -2.10. The highest BCUT2D eigenvalue weighted by atomic mass is 16.5. The normalized spacial score (nSPS) is 10.2. The van der Waals surface area contributed by atoms with E-state index in [-0.39, 0.29) is 0 Å². The standard InChI is InChI=1S/C16H21N3O2/c1-4-9-17-15-11-16(19-14(5-2)18-15)21-13-8-6-7-12(10-13)20-3/h6-8,10-11H,4-5,9H2,1-3H3,(H,17,18,19). The molecule has 112 valence electrons. The molecule has 0 unspecified atom stereocenters. The zero-order chi connectivity index (χ0) is 15.1. The van der Waals surface area contributed by atoms with Crippen molar-refractivity contribution in [2.24, 2.45) is 0 Å². The molecule has 1 aromatic carbocycles. The fraction of sp³-hybridized carbons (Fsp3) is 0.375. The number of rotatable bonds is 7. The van der Waals surface area contributed by atoms with Crippen molar-refractivity contribution in [3.63, 3.8) is 0 Å². The third-order valence-electron chi connectivity index (χ3n) is 2.88. The van der Waals surface area contributed by atoms with Gasteiger partial charge in [0.1, 0.15) is 23.1 Å². The summed E-state index contributed by atoms with van der Waals surface area (Å²) in [6, 6.07) is 9.27. The average Bonchev–Trinajstić information content (AvgIpc) is 2.52. The molecule has 0 radical (unpaired) electrons. The van der Waals surface area contributed by atoms with Gasteiger partial charge in [-0.25, -0.2) is 4.98 Å². The van der Waals surface area contributed by atoms with Gasteiger partial charge in [0.15, 0.2) is 0 Å². The molecule has 0 spiro atoms. The highest BCUT2D eigenvalue weighted by molar-refractivity contribution is 5.41. The van der Waals surface area contributed by atoms with Crippen LogP contribution in [-0.4, -0.2) is 23.6 Å². The molecular formula is C16H21N3O2. The maximum absolute atomic E-state index is 5.81. The van der Waals surface area contributed by atoms with Gasteiger partial charge in [-0.15, -0.1) is 0 Å². The first kappa shape index (κ1) is 15.1. The van der Waals surface area contributed by atoms with Crippen LogP contribution in [0.1, 0.15) is 26.1 Å². The van der Waals surface area contributed by atoms with Crippen molar-refractivity contribution in [1.82, 2.24) is 9.97 Å². The average molecular weight is 287 g/mol. The van der Waals surface area contributed by atoms with Crippen LogP contribution in [0.3, 0.4) is 0 Å². The lowest BCUT2D eigenvalue weighted by atomic mass is 10.3. The van der Waals surface area contributed by atoms with E-state index in [0.29, 0.717) is 11.6 Å². The molecule has 2 aromatic rings. The highest BCUT2D eigenvalue weighted by Crippen LogP contribution is 2.25. The number of nitrogens with one attached hydrogen (secondary N) is 1. The monoisotopic (exact) mass is 287 g/mol. The molecule has 5 nitrogen and oxygen atoms in total. The maximum atomic E-state index is 5.81. The van der Waals surface area contributed by atoms with Crippen molar-refractivity contribution in [1.29, 1.82) is 0 Å². The lowest BCUT2D eigenvalue weighted by Crippen LogP contribution is -2.05. The van der Waals surface area contributed by atoms with E-state index < -0.39 is 0 Å². The Morgan fingerprint density at radius 2 is 1.90 bits per heavy atom. The smallest absolute Gasteiger partial charge is 0.224 e. The molecule has 1 heterocycles. The van der Waals surface area contributed by atoms with Crippen LogP contribution < -0.4 is 14.8 Å². The Morgan fingerprint density at radius 3 is 2.62 bits per heavy atom. The summed E-state index contributed by atoms with van der Waals surface area (Å²) in [6.07, 6.45) is 1.80. The topological polar surface area (TPSA) is 56.3 Å². The van der Waals surface area contributed by atoms with E-state index in [9.17, 15) is 0 Å². The summed E-state index contributed by atoms with van der Waals surface area (Å²) < 4.78 is 11.0. The Kier molecular flexibility index (Phi) is 5.37. The molecule has 0 amide bonds. The molecule has 0 bridgehead atoms. The minimum absolute atomic E-state index is 0.536. The van der Waals surface area contributed by atoms with E-state index in [2.05, 4.69) is 22.2 Å². The van der Waals surface area contributed by atoms with Gasteiger partial charge in [0.2, 0.25) is 5.88 Å². The minimum Gasteiger partial charge on any atom is -0.497 e. The van der Waals surface area contributed by atoms with Crippen LogP contribution >= 0.6 is 0 Å². The van der Waals surface area contributed by atoms with Crippen LogP contribution in [0.15, 0.2) is 30.3 Å². The van der Waals surface area contributed by atoms with Crippen LogP contribution in [0.2, 0.25) is 0 Å². The van der Waals surface area contributed by atoms with Gasteiger partial charge >= 0.3 is 0 Å². The number of aromatic nitrogens is 2. The number of hydrogen-bond donors (Lipinski definition) is 1. The second kappa shape index (κ2) is 7.47. The second-order valence-corrected chi connectivity index (χ2v) is 4.57. The van der Waals surface area contributed by atoms with Gasteiger partial charge in [-0.1, -0.05) is 19.9 Å². The zero-order valence-corrected chi connectivity index (χ0v) is 12.7. The Balaban J connectivity index is 2.21. The van der Waals surface area contributed by atoms with E-state index in [0.717, 1.165) is 36.8 Å². The molecule has 0 aliphatic heterocycles. The number of nitrogens with zero attached hydrogens (tertiary/aromatic N) is 2. The van der Waals surface area contributed by atoms with Crippen LogP contribution in [-0.2, 0) is 6.42 Å². The van der Waals surface area contributed by atoms with E-state index in [1.807, 2.05) is 37.3 Å². The van der Waals surface area contributed by atoms with E-state index in [1.54, 1.807) is 7.11 Å². The molecule has 0 saturated heterocycles. The predicted octanol–water partition coefficient (Wildman–Crippen LogP) is 3.66. The van der Waals surface area contributed by atoms with Crippen LogP contribution in [0.25, 0.3) is 0 Å². The summed E-state index contributed by atoms with van der Waals surface area (Å²) in [7, 11) is 1.63. The molecule has 1 N–H and O–H groups in total. The molecule has 0 aliphatic rings. The summed E-state index contributed by atoms with van der Waals surface area (Å²) in [6.45, 7) is 5.01. The van der Waals surface area contributed by atoms with Crippen molar-refractivity contribution in [2.75, 3.05) is 19.0 Å². The molecule has 2 rings (SSSR count). The number of ether oxygens (including phenoxy) is 2. The lowest BCUT2D eigenvalue weighted by molar-refractivity contribution is 0.407. The minimum atomic E-state index is 0.536. The summed E-state index contributed by atoms with van der Waals surface area (Å²) in [5.74, 6) is 3.53. The van der Waals surface area contributed by atoms with Crippen molar-refractivity contribution < 1.29 is 9.47 Å². The van der Waals surface area contributed by atoms with Gasteiger partial charge in [-0.3, -0.25) is 0 Å². The molecule has 0 atom stereocenters. The van der Waals surface area contributed by atoms with Gasteiger partial charge in [-0.2, -0.15) is 4.98 Å². The van der Waals surface area contributed by atoms with Gasteiger partial charge in [0, 0.05) is 25.1 Å². The molecule has 21 heavy (non-hydrogen) atoms. The summed E-state index contributed by atoms with van der Waals surface area (Å²) in [5, 5.41) is 3.26. The fourth-order valence-corrected chi connectivity index (χ4v) is 1.81. The van der Waals surface area contributed by atoms with Gasteiger partial charge in [0.25, 0.3) is 0 Å². The summed E-state index contributed by atoms with van der Waals surface area (Å²) in [5.41, 5.74) is 0. The third kappa shape index (κ3) is 4.34. The quantitative estimate of drug-likeness (QED) is 0.842. The molecule has 0 aliphatic carbocycles. The summed E-state index contributed by atoms with van der Waals surface area (Å²) in [4.78, 5) is 8.83. The van der Waals surface area contributed by atoms with Crippen LogP contribution in [0.5, 0.6) is 17.4 Å². The molecule has 0 fully saturated rings. The largest absolute Gasteiger partial charge is 0.497 e. The Labute approximate surface area is 125 Å². The van der Waals surface area contributed by atoms with Gasteiger partial charge < -0.3 is 14.8 Å². The van der Waals surface area contributed by atoms with Crippen molar-refractivity contribution in [3.05, 3.63) is 36.2 Å². The van der Waals surface area contributed by atoms with Crippen LogP contribution in [0.4, 0.5) is 5.82 Å². The van der Waals surface area contributed by atoms with Gasteiger partial charge in [-0.05, 0) is 18.6 Å².